The van der Waals surface area contributed by atoms with Crippen LogP contribution in [-0.2, 0) is 0 Å². The largest absolute Gasteiger partial charge is 0.351 e. The number of hydrogen-bond acceptors (Lipinski definition) is 5. The van der Waals surface area contributed by atoms with Gasteiger partial charge in [0.25, 0.3) is 11.8 Å². The summed E-state index contributed by atoms with van der Waals surface area (Å²) in [5.41, 5.74) is 3.41. The van der Waals surface area contributed by atoms with Gasteiger partial charge in [-0.1, -0.05) is 29.8 Å². The number of hydrogen-bond donors (Lipinski definition) is 2. The maximum absolute atomic E-state index is 12.3. The van der Waals surface area contributed by atoms with Crippen LogP contribution in [-0.4, -0.2) is 29.9 Å². The van der Waals surface area contributed by atoms with E-state index in [0.29, 0.717) is 29.3 Å². The first kappa shape index (κ1) is 19.3. The van der Waals surface area contributed by atoms with Gasteiger partial charge in [0.1, 0.15) is 9.88 Å². The second kappa shape index (κ2) is 8.92. The van der Waals surface area contributed by atoms with Crippen molar-refractivity contribution in [1.82, 2.24) is 15.6 Å². The van der Waals surface area contributed by atoms with E-state index in [-0.39, 0.29) is 11.8 Å². The Kier molecular flexibility index (Phi) is 6.36. The average Bonchev–Trinajstić information content (AvgIpc) is 3.33. The van der Waals surface area contributed by atoms with Gasteiger partial charge in [-0.25, -0.2) is 4.98 Å². The van der Waals surface area contributed by atoms with Gasteiger partial charge in [-0.2, -0.15) is 0 Å². The molecule has 0 aliphatic carbocycles. The third-order valence-electron chi connectivity index (χ3n) is 4.01. The van der Waals surface area contributed by atoms with Crippen molar-refractivity contribution in [2.24, 2.45) is 0 Å². The minimum atomic E-state index is -0.131. The lowest BCUT2D eigenvalue weighted by atomic mass is 10.1. The molecule has 3 rings (SSSR count). The molecule has 2 N–H and O–H groups in total. The number of carbonyl (C=O) groups excluding carboxylic acids is 2. The van der Waals surface area contributed by atoms with Crippen LogP contribution in [0.5, 0.6) is 0 Å². The Bertz CT molecular complexity index is 933. The van der Waals surface area contributed by atoms with Gasteiger partial charge in [-0.3, -0.25) is 9.59 Å². The number of nitrogens with one attached hydrogen (secondary N) is 2. The quantitative estimate of drug-likeness (QED) is 0.589. The monoisotopic (exact) mass is 399 g/mol. The Labute approximate surface area is 166 Å². The van der Waals surface area contributed by atoms with E-state index in [9.17, 15) is 9.59 Å². The van der Waals surface area contributed by atoms with Crippen LogP contribution in [0.15, 0.2) is 41.9 Å². The fourth-order valence-electron chi connectivity index (χ4n) is 2.63. The summed E-state index contributed by atoms with van der Waals surface area (Å²) in [5, 5.41) is 8.44. The van der Waals surface area contributed by atoms with Gasteiger partial charge in [0.05, 0.1) is 11.1 Å². The number of thiazole rings is 1. The number of amides is 2. The molecule has 0 saturated carbocycles. The highest BCUT2D eigenvalue weighted by Crippen LogP contribution is 2.28. The first-order valence-corrected chi connectivity index (χ1v) is 10.4. The zero-order valence-corrected chi connectivity index (χ0v) is 16.9. The summed E-state index contributed by atoms with van der Waals surface area (Å²) in [5.74, 6) is -0.204. The first-order chi connectivity index (χ1) is 13.0. The molecule has 7 heteroatoms. The van der Waals surface area contributed by atoms with Crippen LogP contribution in [0, 0.1) is 13.8 Å². The van der Waals surface area contributed by atoms with E-state index in [1.54, 1.807) is 12.3 Å². The van der Waals surface area contributed by atoms with Crippen LogP contribution in [0.3, 0.4) is 0 Å². The van der Waals surface area contributed by atoms with Gasteiger partial charge in [0.2, 0.25) is 0 Å². The van der Waals surface area contributed by atoms with Crippen molar-refractivity contribution < 1.29 is 9.59 Å². The molecule has 0 atom stereocenters. The molecule has 140 valence electrons. The van der Waals surface area contributed by atoms with Gasteiger partial charge < -0.3 is 10.6 Å². The molecule has 0 unspecified atom stereocenters. The summed E-state index contributed by atoms with van der Waals surface area (Å²) >= 11 is 2.80. The van der Waals surface area contributed by atoms with Crippen molar-refractivity contribution in [3.05, 3.63) is 62.8 Å². The van der Waals surface area contributed by atoms with Crippen molar-refractivity contribution >= 4 is 34.5 Å². The van der Waals surface area contributed by atoms with E-state index in [0.717, 1.165) is 16.1 Å². The van der Waals surface area contributed by atoms with E-state index >= 15 is 0 Å². The maximum atomic E-state index is 12.3. The molecule has 0 aliphatic heterocycles. The van der Waals surface area contributed by atoms with Gasteiger partial charge in [0, 0.05) is 18.7 Å². The zero-order valence-electron chi connectivity index (χ0n) is 15.2. The number of carbonyl (C=O) groups is 2. The highest BCUT2D eigenvalue weighted by atomic mass is 32.1. The molecule has 2 aromatic heterocycles. The van der Waals surface area contributed by atoms with Crippen LogP contribution >= 0.6 is 22.7 Å². The number of thiophene rings is 1. The second-order valence-electron chi connectivity index (χ2n) is 6.19. The summed E-state index contributed by atoms with van der Waals surface area (Å²) in [6.45, 7) is 5.13. The minimum Gasteiger partial charge on any atom is -0.351 e. The van der Waals surface area contributed by atoms with E-state index in [2.05, 4.69) is 28.6 Å². The molecule has 0 radical (unpaired) electrons. The van der Waals surface area contributed by atoms with Crippen LogP contribution in [0.25, 0.3) is 10.6 Å². The number of aryl methyl sites for hydroxylation is 2. The summed E-state index contributed by atoms with van der Waals surface area (Å²) in [4.78, 5) is 29.8. The molecule has 2 amide bonds. The second-order valence-corrected chi connectivity index (χ2v) is 8.17. The van der Waals surface area contributed by atoms with E-state index < -0.39 is 0 Å². The van der Waals surface area contributed by atoms with E-state index in [1.165, 1.54) is 28.2 Å². The molecule has 0 aliphatic rings. The molecular formula is C20H21N3O2S2. The lowest BCUT2D eigenvalue weighted by molar-refractivity contribution is 0.0956. The predicted octanol–water partition coefficient (Wildman–Crippen LogP) is 4.04. The number of rotatable bonds is 7. The fourth-order valence-corrected chi connectivity index (χ4v) is 4.19. The molecule has 27 heavy (non-hydrogen) atoms. The average molecular weight is 400 g/mol. The van der Waals surface area contributed by atoms with Gasteiger partial charge in [0.15, 0.2) is 0 Å². The predicted molar refractivity (Wildman–Crippen MR) is 111 cm³/mol. The smallest absolute Gasteiger partial charge is 0.263 e. The van der Waals surface area contributed by atoms with Crippen molar-refractivity contribution in [3.8, 4) is 10.6 Å². The van der Waals surface area contributed by atoms with E-state index in [4.69, 9.17) is 0 Å². The first-order valence-electron chi connectivity index (χ1n) is 8.68. The molecule has 0 fully saturated rings. The standard InChI is InChI=1S/C20H21N3O2S2/c1-13-6-7-15(14(2)11-13)20-23-12-17(27-20)19(25)22-9-4-8-21-18(24)16-5-3-10-26-16/h3,5-7,10-12H,4,8-9H2,1-2H3,(H,21,24)(H,22,25). The molecule has 1 aromatic carbocycles. The third-order valence-corrected chi connectivity index (χ3v) is 5.91. The lowest BCUT2D eigenvalue weighted by Crippen LogP contribution is -2.29. The Morgan fingerprint density at radius 3 is 2.44 bits per heavy atom. The molecule has 3 aromatic rings. The van der Waals surface area contributed by atoms with Crippen LogP contribution in [0.1, 0.15) is 36.9 Å². The molecular weight excluding hydrogens is 378 g/mol. The van der Waals surface area contributed by atoms with Gasteiger partial charge >= 0.3 is 0 Å². The van der Waals surface area contributed by atoms with Crippen LogP contribution < -0.4 is 10.6 Å². The molecule has 0 bridgehead atoms. The van der Waals surface area contributed by atoms with Crippen molar-refractivity contribution in [1.29, 1.82) is 0 Å². The highest BCUT2D eigenvalue weighted by Gasteiger charge is 2.13. The summed E-state index contributed by atoms with van der Waals surface area (Å²) in [6, 6.07) is 9.84. The Morgan fingerprint density at radius 1 is 1.04 bits per heavy atom. The Morgan fingerprint density at radius 2 is 1.78 bits per heavy atom. The summed E-state index contributed by atoms with van der Waals surface area (Å²) in [6.07, 6.45) is 2.29. The number of nitrogens with zero attached hydrogens (tertiary/aromatic N) is 1. The number of benzene rings is 1. The van der Waals surface area contributed by atoms with Crippen LogP contribution in [0.2, 0.25) is 0 Å². The molecule has 2 heterocycles. The molecule has 5 nitrogen and oxygen atoms in total. The Hall–Kier alpha value is -2.51. The highest BCUT2D eigenvalue weighted by molar-refractivity contribution is 7.16. The maximum Gasteiger partial charge on any atom is 0.263 e. The summed E-state index contributed by atoms with van der Waals surface area (Å²) in [7, 11) is 0. The van der Waals surface area contributed by atoms with Crippen molar-refractivity contribution in [3.63, 3.8) is 0 Å². The SMILES string of the molecule is Cc1ccc(-c2ncc(C(=O)NCCCNC(=O)c3cccs3)s2)c(C)c1. The van der Waals surface area contributed by atoms with Gasteiger partial charge in [-0.15, -0.1) is 22.7 Å². The molecule has 0 spiro atoms. The van der Waals surface area contributed by atoms with Crippen molar-refractivity contribution in [2.75, 3.05) is 13.1 Å². The van der Waals surface area contributed by atoms with Crippen LogP contribution in [0.4, 0.5) is 0 Å². The van der Waals surface area contributed by atoms with Crippen molar-refractivity contribution in [2.45, 2.75) is 20.3 Å². The fraction of sp³-hybridized carbons (Fsp3) is 0.250. The normalized spacial score (nSPS) is 10.6. The molecule has 0 saturated heterocycles. The zero-order chi connectivity index (χ0) is 19.2. The van der Waals surface area contributed by atoms with Gasteiger partial charge in [-0.05, 0) is 37.3 Å². The topological polar surface area (TPSA) is 71.1 Å². The number of aromatic nitrogens is 1. The third kappa shape index (κ3) is 5.02. The minimum absolute atomic E-state index is 0.0723. The van der Waals surface area contributed by atoms with E-state index in [1.807, 2.05) is 30.5 Å². The lowest BCUT2D eigenvalue weighted by Gasteiger charge is -2.05. The Balaban J connectivity index is 1.46. The summed E-state index contributed by atoms with van der Waals surface area (Å²) < 4.78 is 0.